The van der Waals surface area contributed by atoms with Crippen LogP contribution in [-0.4, -0.2) is 23.9 Å². The van der Waals surface area contributed by atoms with E-state index < -0.39 is 0 Å². The zero-order valence-corrected chi connectivity index (χ0v) is 11.3. The minimum Gasteiger partial charge on any atom is -0.341 e. The first kappa shape index (κ1) is 13.3. The highest BCUT2D eigenvalue weighted by Gasteiger charge is 2.27. The second-order valence-corrected chi connectivity index (χ2v) is 5.22. The quantitative estimate of drug-likeness (QED) is 0.780. The first-order valence-electron chi connectivity index (χ1n) is 5.78. The Balaban J connectivity index is 1.94. The highest BCUT2D eigenvalue weighted by atomic mass is 35.5. The summed E-state index contributed by atoms with van der Waals surface area (Å²) in [6.07, 6.45) is 6.57. The van der Waals surface area contributed by atoms with Crippen molar-refractivity contribution in [3.8, 4) is 12.3 Å². The molecule has 94 valence electrons. The third-order valence-electron chi connectivity index (χ3n) is 3.10. The van der Waals surface area contributed by atoms with Gasteiger partial charge in [0.1, 0.15) is 0 Å². The molecule has 0 bridgehead atoms. The number of likely N-dealkylation sites (tertiary alicyclic amines) is 1. The van der Waals surface area contributed by atoms with Gasteiger partial charge < -0.3 is 4.90 Å². The molecule has 0 aromatic heterocycles. The van der Waals surface area contributed by atoms with Gasteiger partial charge in [-0.05, 0) is 24.1 Å². The van der Waals surface area contributed by atoms with Crippen molar-refractivity contribution in [2.24, 2.45) is 5.92 Å². The number of hydrogen-bond donors (Lipinski definition) is 0. The lowest BCUT2D eigenvalue weighted by molar-refractivity contribution is -0.127. The number of nitrogens with zero attached hydrogens (tertiary/aromatic N) is 1. The van der Waals surface area contributed by atoms with Crippen LogP contribution in [0.3, 0.4) is 0 Å². The smallest absolute Gasteiger partial charge is 0.223 e. The van der Waals surface area contributed by atoms with Crippen LogP contribution in [0.15, 0.2) is 18.2 Å². The van der Waals surface area contributed by atoms with Crippen molar-refractivity contribution in [2.45, 2.75) is 12.8 Å². The van der Waals surface area contributed by atoms with Gasteiger partial charge in [0.2, 0.25) is 5.91 Å². The second kappa shape index (κ2) is 5.65. The second-order valence-electron chi connectivity index (χ2n) is 4.41. The van der Waals surface area contributed by atoms with Crippen LogP contribution in [-0.2, 0) is 11.2 Å². The number of hydrogen-bond acceptors (Lipinski definition) is 1. The van der Waals surface area contributed by atoms with E-state index in [4.69, 9.17) is 29.6 Å². The summed E-state index contributed by atoms with van der Waals surface area (Å²) in [5.74, 6) is 2.84. The largest absolute Gasteiger partial charge is 0.341 e. The van der Waals surface area contributed by atoms with Gasteiger partial charge in [-0.25, -0.2) is 0 Å². The van der Waals surface area contributed by atoms with Crippen molar-refractivity contribution < 1.29 is 4.79 Å². The monoisotopic (exact) mass is 281 g/mol. The molecule has 0 aliphatic carbocycles. The third-order valence-corrected chi connectivity index (χ3v) is 3.84. The lowest BCUT2D eigenvalue weighted by atomic mass is 10.1. The summed E-state index contributed by atoms with van der Waals surface area (Å²) in [7, 11) is 0. The van der Waals surface area contributed by atoms with Crippen LogP contribution >= 0.6 is 23.2 Å². The minimum atomic E-state index is 0.0614. The van der Waals surface area contributed by atoms with Crippen molar-refractivity contribution >= 4 is 29.1 Å². The fraction of sp³-hybridized carbons (Fsp3) is 0.357. The Kier molecular flexibility index (Phi) is 4.16. The first-order valence-corrected chi connectivity index (χ1v) is 6.53. The van der Waals surface area contributed by atoms with Crippen molar-refractivity contribution in [2.75, 3.05) is 13.1 Å². The average Bonchev–Trinajstić information content (AvgIpc) is 2.72. The molecule has 1 saturated heterocycles. The molecular formula is C14H13Cl2NO. The van der Waals surface area contributed by atoms with Gasteiger partial charge in [-0.3, -0.25) is 4.79 Å². The number of carbonyl (C=O) groups is 1. The number of benzene rings is 1. The molecule has 0 N–H and O–H groups in total. The highest BCUT2D eigenvalue weighted by Crippen LogP contribution is 2.23. The molecule has 1 aliphatic heterocycles. The molecule has 18 heavy (non-hydrogen) atoms. The van der Waals surface area contributed by atoms with Gasteiger partial charge in [0.25, 0.3) is 0 Å². The Labute approximate surface area is 117 Å². The number of terminal acetylenes is 1. The van der Waals surface area contributed by atoms with Crippen LogP contribution in [0.25, 0.3) is 0 Å². The minimum absolute atomic E-state index is 0.0614. The zero-order chi connectivity index (χ0) is 13.1. The molecule has 1 unspecified atom stereocenters. The normalized spacial score (nSPS) is 19.1. The van der Waals surface area contributed by atoms with Gasteiger partial charge in [0, 0.05) is 25.4 Å². The molecule has 1 heterocycles. The van der Waals surface area contributed by atoms with Gasteiger partial charge >= 0.3 is 0 Å². The molecule has 0 saturated carbocycles. The van der Waals surface area contributed by atoms with Crippen molar-refractivity contribution in [3.05, 3.63) is 33.8 Å². The van der Waals surface area contributed by atoms with Crippen LogP contribution < -0.4 is 0 Å². The van der Waals surface area contributed by atoms with Crippen LogP contribution in [0, 0.1) is 18.3 Å². The van der Waals surface area contributed by atoms with E-state index in [-0.39, 0.29) is 11.8 Å². The standard InChI is InChI=1S/C14H13Cl2NO/c1-2-10-8-14(18)17(9-10)6-5-11-3-4-12(15)13(16)7-11/h1,3-4,7,10H,5-6,8-9H2. The summed E-state index contributed by atoms with van der Waals surface area (Å²) in [4.78, 5) is 13.5. The van der Waals surface area contributed by atoms with Crippen molar-refractivity contribution in [1.82, 2.24) is 4.90 Å². The fourth-order valence-corrected chi connectivity index (χ4v) is 2.38. The SMILES string of the molecule is C#CC1CC(=O)N(CCc2ccc(Cl)c(Cl)c2)C1. The van der Waals surface area contributed by atoms with Crippen molar-refractivity contribution in [3.63, 3.8) is 0 Å². The summed E-state index contributed by atoms with van der Waals surface area (Å²) >= 11 is 11.8. The van der Waals surface area contributed by atoms with Gasteiger partial charge in [0.05, 0.1) is 10.0 Å². The van der Waals surface area contributed by atoms with Gasteiger partial charge in [-0.2, -0.15) is 0 Å². The van der Waals surface area contributed by atoms with E-state index in [2.05, 4.69) is 5.92 Å². The summed E-state index contributed by atoms with van der Waals surface area (Å²) in [5.41, 5.74) is 1.07. The molecule has 1 amide bonds. The van der Waals surface area contributed by atoms with E-state index in [9.17, 15) is 4.79 Å². The van der Waals surface area contributed by atoms with Gasteiger partial charge in [-0.15, -0.1) is 12.3 Å². The maximum Gasteiger partial charge on any atom is 0.223 e. The Morgan fingerprint density at radius 2 is 2.17 bits per heavy atom. The Morgan fingerprint density at radius 1 is 1.39 bits per heavy atom. The van der Waals surface area contributed by atoms with Crippen LogP contribution in [0.5, 0.6) is 0 Å². The molecular weight excluding hydrogens is 269 g/mol. The van der Waals surface area contributed by atoms with Gasteiger partial charge in [-0.1, -0.05) is 29.3 Å². The van der Waals surface area contributed by atoms with Crippen LogP contribution in [0.2, 0.25) is 10.0 Å². The Morgan fingerprint density at radius 3 is 2.78 bits per heavy atom. The highest BCUT2D eigenvalue weighted by molar-refractivity contribution is 6.42. The van der Waals surface area contributed by atoms with E-state index in [1.54, 1.807) is 6.07 Å². The van der Waals surface area contributed by atoms with E-state index in [0.29, 0.717) is 29.6 Å². The maximum atomic E-state index is 11.7. The molecule has 1 aromatic rings. The lowest BCUT2D eigenvalue weighted by Gasteiger charge is -2.15. The zero-order valence-electron chi connectivity index (χ0n) is 9.83. The predicted octanol–water partition coefficient (Wildman–Crippen LogP) is 3.02. The number of amides is 1. The molecule has 1 aliphatic rings. The Bertz CT molecular complexity index is 507. The van der Waals surface area contributed by atoms with Crippen LogP contribution in [0.4, 0.5) is 0 Å². The summed E-state index contributed by atoms with van der Waals surface area (Å²) in [6.45, 7) is 1.34. The molecule has 1 fully saturated rings. The topological polar surface area (TPSA) is 20.3 Å². The molecule has 2 rings (SSSR count). The number of halogens is 2. The first-order chi connectivity index (χ1) is 8.60. The Hall–Kier alpha value is -1.17. The molecule has 1 atom stereocenters. The summed E-state index contributed by atoms with van der Waals surface area (Å²) in [5, 5.41) is 1.09. The molecule has 0 spiro atoms. The van der Waals surface area contributed by atoms with Gasteiger partial charge in [0.15, 0.2) is 0 Å². The van der Waals surface area contributed by atoms with Crippen molar-refractivity contribution in [1.29, 1.82) is 0 Å². The molecule has 0 radical (unpaired) electrons. The fourth-order valence-electron chi connectivity index (χ4n) is 2.06. The molecule has 1 aromatic carbocycles. The van der Waals surface area contributed by atoms with E-state index >= 15 is 0 Å². The number of rotatable bonds is 3. The van der Waals surface area contributed by atoms with E-state index in [0.717, 1.165) is 12.0 Å². The molecule has 2 nitrogen and oxygen atoms in total. The maximum absolute atomic E-state index is 11.7. The third kappa shape index (κ3) is 2.98. The summed E-state index contributed by atoms with van der Waals surface area (Å²) < 4.78 is 0. The summed E-state index contributed by atoms with van der Waals surface area (Å²) in [6, 6.07) is 5.53. The predicted molar refractivity (Wildman–Crippen MR) is 73.7 cm³/mol. The van der Waals surface area contributed by atoms with E-state index in [1.807, 2.05) is 17.0 Å². The van der Waals surface area contributed by atoms with Crippen LogP contribution in [0.1, 0.15) is 12.0 Å². The lowest BCUT2D eigenvalue weighted by Crippen LogP contribution is -2.27. The average molecular weight is 282 g/mol. The van der Waals surface area contributed by atoms with E-state index in [1.165, 1.54) is 0 Å². The molecule has 4 heteroatoms. The number of carbonyl (C=O) groups excluding carboxylic acids is 1.